The molecule has 0 aliphatic carbocycles. The molecule has 2 aliphatic rings. The van der Waals surface area contributed by atoms with Crippen LogP contribution >= 0.6 is 0 Å². The molecule has 1 aromatic carbocycles. The lowest BCUT2D eigenvalue weighted by Gasteiger charge is -2.36. The van der Waals surface area contributed by atoms with Crippen molar-refractivity contribution in [2.24, 2.45) is 0 Å². The van der Waals surface area contributed by atoms with Gasteiger partial charge in [0.2, 0.25) is 0 Å². The number of hydrogen-bond acceptors (Lipinski definition) is 7. The average Bonchev–Trinajstić information content (AvgIpc) is 3.30. The van der Waals surface area contributed by atoms with Gasteiger partial charge in [-0.2, -0.15) is 5.10 Å². The van der Waals surface area contributed by atoms with Crippen LogP contribution in [0, 0.1) is 13.8 Å². The lowest BCUT2D eigenvalue weighted by molar-refractivity contribution is 0.0742. The molecule has 1 atom stereocenters. The molecule has 0 unspecified atom stereocenters. The highest BCUT2D eigenvalue weighted by atomic mass is 32.2. The van der Waals surface area contributed by atoms with Gasteiger partial charge in [0.1, 0.15) is 11.1 Å². The van der Waals surface area contributed by atoms with E-state index in [0.717, 1.165) is 17.1 Å². The van der Waals surface area contributed by atoms with Crippen LogP contribution in [0.1, 0.15) is 34.2 Å². The number of aryl methyl sites for hydroxylation is 1. The molecule has 10 heteroatoms. The predicted octanol–water partition coefficient (Wildman–Crippen LogP) is 1.93. The molecule has 0 saturated carbocycles. The fourth-order valence-electron chi connectivity index (χ4n) is 4.95. The first-order valence-corrected chi connectivity index (χ1v) is 12.9. The highest BCUT2D eigenvalue weighted by Crippen LogP contribution is 2.31. The zero-order chi connectivity index (χ0) is 23.3. The van der Waals surface area contributed by atoms with Crippen molar-refractivity contribution in [3.8, 4) is 0 Å². The van der Waals surface area contributed by atoms with Crippen LogP contribution in [0.5, 0.6) is 0 Å². The van der Waals surface area contributed by atoms with E-state index in [4.69, 9.17) is 4.42 Å². The summed E-state index contributed by atoms with van der Waals surface area (Å²) in [6.45, 7) is 6.03. The molecule has 33 heavy (non-hydrogen) atoms. The summed E-state index contributed by atoms with van der Waals surface area (Å²) in [6, 6.07) is 8.60. The maximum absolute atomic E-state index is 13.1. The summed E-state index contributed by atoms with van der Waals surface area (Å²) in [7, 11) is -3.00. The molecule has 9 nitrogen and oxygen atoms in total. The number of fused-ring (bicyclic) bond motifs is 1. The number of piperazine rings is 1. The minimum Gasteiger partial charge on any atom is -0.422 e. The number of rotatable bonds is 3. The number of aromatic nitrogens is 2. The van der Waals surface area contributed by atoms with E-state index < -0.39 is 15.5 Å². The van der Waals surface area contributed by atoms with Crippen molar-refractivity contribution in [1.29, 1.82) is 0 Å². The summed E-state index contributed by atoms with van der Waals surface area (Å²) in [5.74, 6) is 0.00867. The topological polar surface area (TPSA) is 106 Å². The molecule has 174 valence electrons. The number of anilines is 1. The fourth-order valence-corrected chi connectivity index (χ4v) is 6.64. The molecule has 0 bridgehead atoms. The van der Waals surface area contributed by atoms with Gasteiger partial charge in [-0.25, -0.2) is 13.2 Å². The molecule has 3 aromatic rings. The lowest BCUT2D eigenvalue weighted by Crippen LogP contribution is -2.49. The fraction of sp³-hybridized carbons (Fsp3) is 0.435. The molecule has 0 radical (unpaired) electrons. The predicted molar refractivity (Wildman–Crippen MR) is 125 cm³/mol. The van der Waals surface area contributed by atoms with Crippen LogP contribution in [0.4, 0.5) is 5.69 Å². The van der Waals surface area contributed by atoms with Crippen LogP contribution in [0.25, 0.3) is 11.0 Å². The second-order valence-electron chi connectivity index (χ2n) is 8.79. The van der Waals surface area contributed by atoms with Gasteiger partial charge in [0.05, 0.1) is 34.6 Å². The first-order chi connectivity index (χ1) is 15.7. The Bertz CT molecular complexity index is 1400. The van der Waals surface area contributed by atoms with Crippen molar-refractivity contribution in [2.45, 2.75) is 26.3 Å². The minimum absolute atomic E-state index is 0.0461. The summed E-state index contributed by atoms with van der Waals surface area (Å²) in [5, 5.41) is 5.37. The molecular weight excluding hydrogens is 444 g/mol. The number of hydrogen-bond donors (Lipinski definition) is 0. The van der Waals surface area contributed by atoms with Gasteiger partial charge in [0.15, 0.2) is 9.84 Å². The van der Waals surface area contributed by atoms with Gasteiger partial charge >= 0.3 is 5.63 Å². The van der Waals surface area contributed by atoms with E-state index in [9.17, 15) is 18.0 Å². The van der Waals surface area contributed by atoms with Crippen LogP contribution in [0.15, 0.2) is 39.5 Å². The number of amides is 1. The van der Waals surface area contributed by atoms with Crippen LogP contribution in [0.2, 0.25) is 0 Å². The first kappa shape index (κ1) is 21.7. The van der Waals surface area contributed by atoms with Gasteiger partial charge in [-0.1, -0.05) is 18.2 Å². The Morgan fingerprint density at radius 2 is 1.85 bits per heavy atom. The standard InChI is InChI=1S/C23H26N4O5S/c1-15-21(16(2)27(24-15)18-7-12-33(30,31)14-18)25-8-10-26(11-9-25)22(28)19-13-17-5-3-4-6-20(17)32-23(19)29/h3-6,13,18H,7-12,14H2,1-2H3/t18-/m1/s1. The second-order valence-corrected chi connectivity index (χ2v) is 11.0. The SMILES string of the molecule is Cc1nn([C@@H]2CCS(=O)(=O)C2)c(C)c1N1CCN(C(=O)c2cc3ccccc3oc2=O)CC1. The van der Waals surface area contributed by atoms with Gasteiger partial charge < -0.3 is 14.2 Å². The largest absolute Gasteiger partial charge is 0.422 e. The van der Waals surface area contributed by atoms with Crippen LogP contribution in [0.3, 0.4) is 0 Å². The Kier molecular flexibility index (Phi) is 5.27. The van der Waals surface area contributed by atoms with Crippen molar-refractivity contribution in [1.82, 2.24) is 14.7 Å². The van der Waals surface area contributed by atoms with E-state index >= 15 is 0 Å². The number of nitrogens with zero attached hydrogens (tertiary/aromatic N) is 4. The summed E-state index contributed by atoms with van der Waals surface area (Å²) in [4.78, 5) is 29.3. The van der Waals surface area contributed by atoms with Crippen molar-refractivity contribution in [3.63, 3.8) is 0 Å². The smallest absolute Gasteiger partial charge is 0.349 e. The van der Waals surface area contributed by atoms with Crippen LogP contribution in [-0.2, 0) is 9.84 Å². The Labute approximate surface area is 191 Å². The highest BCUT2D eigenvalue weighted by Gasteiger charge is 2.33. The van der Waals surface area contributed by atoms with Gasteiger partial charge in [0, 0.05) is 31.6 Å². The molecule has 0 N–H and O–H groups in total. The van der Waals surface area contributed by atoms with E-state index in [0.29, 0.717) is 43.6 Å². The summed E-state index contributed by atoms with van der Waals surface area (Å²) >= 11 is 0. The third kappa shape index (κ3) is 3.92. The van der Waals surface area contributed by atoms with Gasteiger partial charge in [-0.05, 0) is 32.4 Å². The maximum atomic E-state index is 13.1. The Morgan fingerprint density at radius 3 is 2.55 bits per heavy atom. The minimum atomic E-state index is -3.00. The zero-order valence-corrected chi connectivity index (χ0v) is 19.5. The van der Waals surface area contributed by atoms with Crippen molar-refractivity contribution < 1.29 is 17.6 Å². The van der Waals surface area contributed by atoms with E-state index in [1.54, 1.807) is 23.1 Å². The Balaban J connectivity index is 1.32. The van der Waals surface area contributed by atoms with Gasteiger partial charge in [-0.3, -0.25) is 9.48 Å². The monoisotopic (exact) mass is 470 g/mol. The van der Waals surface area contributed by atoms with E-state index in [1.165, 1.54) is 0 Å². The summed E-state index contributed by atoms with van der Waals surface area (Å²) < 4.78 is 31.0. The maximum Gasteiger partial charge on any atom is 0.349 e. The van der Waals surface area contributed by atoms with Crippen molar-refractivity contribution in [2.75, 3.05) is 42.6 Å². The van der Waals surface area contributed by atoms with Gasteiger partial charge in [0.25, 0.3) is 5.91 Å². The molecule has 2 saturated heterocycles. The normalized spacial score (nSPS) is 20.5. The van der Waals surface area contributed by atoms with Crippen molar-refractivity contribution in [3.05, 3.63) is 57.7 Å². The summed E-state index contributed by atoms with van der Waals surface area (Å²) in [6.07, 6.45) is 0.584. The number of carbonyl (C=O) groups excluding carboxylic acids is 1. The molecule has 5 rings (SSSR count). The number of para-hydroxylation sites is 1. The van der Waals surface area contributed by atoms with E-state index in [2.05, 4.69) is 10.00 Å². The zero-order valence-electron chi connectivity index (χ0n) is 18.7. The first-order valence-electron chi connectivity index (χ1n) is 11.1. The average molecular weight is 471 g/mol. The third-order valence-electron chi connectivity index (χ3n) is 6.60. The quantitative estimate of drug-likeness (QED) is 0.539. The Hall–Kier alpha value is -3.14. The highest BCUT2D eigenvalue weighted by molar-refractivity contribution is 7.91. The molecule has 1 amide bonds. The van der Waals surface area contributed by atoms with Crippen molar-refractivity contribution >= 4 is 32.4 Å². The second kappa shape index (κ2) is 8.02. The molecule has 0 spiro atoms. The van der Waals surface area contributed by atoms with Crippen LogP contribution in [-0.4, -0.2) is 66.7 Å². The number of carbonyl (C=O) groups is 1. The third-order valence-corrected chi connectivity index (χ3v) is 8.35. The molecular formula is C23H26N4O5S. The van der Waals surface area contributed by atoms with E-state index in [-0.39, 0.29) is 29.0 Å². The lowest BCUT2D eigenvalue weighted by atomic mass is 10.1. The molecule has 2 aliphatic heterocycles. The van der Waals surface area contributed by atoms with E-state index in [1.807, 2.05) is 30.7 Å². The van der Waals surface area contributed by atoms with Gasteiger partial charge in [-0.15, -0.1) is 0 Å². The molecule has 2 aromatic heterocycles. The molecule has 2 fully saturated rings. The number of benzene rings is 1. The van der Waals surface area contributed by atoms with Crippen LogP contribution < -0.4 is 10.5 Å². The number of sulfone groups is 1. The molecule has 4 heterocycles. The Morgan fingerprint density at radius 1 is 1.12 bits per heavy atom. The summed E-state index contributed by atoms with van der Waals surface area (Å²) in [5.41, 5.74) is 2.68.